The van der Waals surface area contributed by atoms with Gasteiger partial charge in [0.25, 0.3) is 0 Å². The Bertz CT molecular complexity index is 1010. The Morgan fingerprint density at radius 2 is 0.769 bits per heavy atom. The third-order valence-electron chi connectivity index (χ3n) is 4.49. The maximum absolute atomic E-state index is 12.9. The first-order valence-electron chi connectivity index (χ1n) is 8.47. The van der Waals surface area contributed by atoms with E-state index in [4.69, 9.17) is 0 Å². The van der Waals surface area contributed by atoms with Crippen LogP contribution in [0.3, 0.4) is 0 Å². The molecule has 2 heteroatoms. The normalized spacial score (nSPS) is 10.6. The number of hydrogen-bond donors (Lipinski definition) is 0. The minimum Gasteiger partial charge on any atom is -0.289 e. The SMILES string of the molecule is O=C(c1ccccc1)c1ccc(C(=O)c2ccccc2)c2ccccc12. The van der Waals surface area contributed by atoms with Gasteiger partial charge in [0.05, 0.1) is 0 Å². The molecule has 0 N–H and O–H groups in total. The van der Waals surface area contributed by atoms with Crippen molar-refractivity contribution in [2.75, 3.05) is 0 Å². The van der Waals surface area contributed by atoms with Crippen molar-refractivity contribution in [1.29, 1.82) is 0 Å². The van der Waals surface area contributed by atoms with Gasteiger partial charge in [0.1, 0.15) is 0 Å². The highest BCUT2D eigenvalue weighted by atomic mass is 16.1. The number of carbonyl (C=O) groups excluding carboxylic acids is 2. The molecule has 0 saturated carbocycles. The van der Waals surface area contributed by atoms with E-state index in [1.807, 2.05) is 60.7 Å². The van der Waals surface area contributed by atoms with E-state index in [9.17, 15) is 9.59 Å². The third-order valence-corrected chi connectivity index (χ3v) is 4.49. The summed E-state index contributed by atoms with van der Waals surface area (Å²) in [4.78, 5) is 25.9. The zero-order valence-corrected chi connectivity index (χ0v) is 14.1. The van der Waals surface area contributed by atoms with E-state index < -0.39 is 0 Å². The monoisotopic (exact) mass is 336 g/mol. The highest BCUT2D eigenvalue weighted by Gasteiger charge is 2.17. The number of hydrogen-bond acceptors (Lipinski definition) is 2. The molecule has 0 unspecified atom stereocenters. The molecule has 26 heavy (non-hydrogen) atoms. The molecule has 0 aromatic heterocycles. The summed E-state index contributed by atoms with van der Waals surface area (Å²) in [6, 6.07) is 29.5. The molecule has 0 atom stereocenters. The minimum absolute atomic E-state index is 0.0412. The van der Waals surface area contributed by atoms with Gasteiger partial charge in [0.15, 0.2) is 11.6 Å². The van der Waals surface area contributed by atoms with Crippen LogP contribution in [0.5, 0.6) is 0 Å². The number of benzene rings is 4. The molecule has 4 rings (SSSR count). The maximum Gasteiger partial charge on any atom is 0.193 e. The van der Waals surface area contributed by atoms with E-state index in [0.717, 1.165) is 10.8 Å². The second-order valence-electron chi connectivity index (χ2n) is 6.10. The van der Waals surface area contributed by atoms with Gasteiger partial charge in [-0.1, -0.05) is 84.9 Å². The number of carbonyl (C=O) groups is 2. The molecule has 4 aromatic carbocycles. The smallest absolute Gasteiger partial charge is 0.193 e. The molecule has 0 bridgehead atoms. The van der Waals surface area contributed by atoms with Crippen LogP contribution in [0, 0.1) is 0 Å². The van der Waals surface area contributed by atoms with Crippen molar-refractivity contribution in [2.24, 2.45) is 0 Å². The van der Waals surface area contributed by atoms with E-state index in [1.54, 1.807) is 36.4 Å². The van der Waals surface area contributed by atoms with Gasteiger partial charge in [-0.05, 0) is 22.9 Å². The lowest BCUT2D eigenvalue weighted by molar-refractivity contribution is 0.103. The first-order valence-corrected chi connectivity index (χ1v) is 8.47. The standard InChI is InChI=1S/C24H16O2/c25-23(17-9-3-1-4-10-17)21-15-16-22(20-14-8-7-13-19(20)21)24(26)18-11-5-2-6-12-18/h1-16H. The maximum atomic E-state index is 12.9. The summed E-state index contributed by atoms with van der Waals surface area (Å²) in [7, 11) is 0. The molecule has 124 valence electrons. The van der Waals surface area contributed by atoms with E-state index >= 15 is 0 Å². The number of ketones is 2. The Morgan fingerprint density at radius 3 is 1.15 bits per heavy atom. The lowest BCUT2D eigenvalue weighted by Gasteiger charge is -2.10. The second-order valence-corrected chi connectivity index (χ2v) is 6.10. The molecule has 0 radical (unpaired) electrons. The summed E-state index contributed by atoms with van der Waals surface area (Å²) < 4.78 is 0. The summed E-state index contributed by atoms with van der Waals surface area (Å²) >= 11 is 0. The fourth-order valence-corrected chi connectivity index (χ4v) is 3.19. The zero-order chi connectivity index (χ0) is 17.9. The van der Waals surface area contributed by atoms with Crippen molar-refractivity contribution in [3.8, 4) is 0 Å². The molecule has 0 amide bonds. The Hall–Kier alpha value is -3.52. The van der Waals surface area contributed by atoms with Gasteiger partial charge in [-0.2, -0.15) is 0 Å². The zero-order valence-electron chi connectivity index (χ0n) is 14.1. The summed E-state index contributed by atoms with van der Waals surface area (Å²) in [5.41, 5.74) is 2.49. The Kier molecular flexibility index (Phi) is 4.16. The second kappa shape index (κ2) is 6.77. The highest BCUT2D eigenvalue weighted by molar-refractivity contribution is 6.22. The van der Waals surface area contributed by atoms with Crippen LogP contribution in [-0.2, 0) is 0 Å². The van der Waals surface area contributed by atoms with Gasteiger partial charge in [-0.25, -0.2) is 0 Å². The quantitative estimate of drug-likeness (QED) is 0.474. The largest absolute Gasteiger partial charge is 0.289 e. The summed E-state index contributed by atoms with van der Waals surface area (Å²) in [6.07, 6.45) is 0. The fourth-order valence-electron chi connectivity index (χ4n) is 3.19. The van der Waals surface area contributed by atoms with Crippen LogP contribution in [0.25, 0.3) is 10.8 Å². The summed E-state index contributed by atoms with van der Waals surface area (Å²) in [6.45, 7) is 0. The summed E-state index contributed by atoms with van der Waals surface area (Å²) in [5, 5.41) is 1.59. The molecule has 0 aliphatic carbocycles. The average Bonchev–Trinajstić information content (AvgIpc) is 2.73. The molecule has 0 aliphatic heterocycles. The minimum atomic E-state index is -0.0412. The highest BCUT2D eigenvalue weighted by Crippen LogP contribution is 2.26. The predicted molar refractivity (Wildman–Crippen MR) is 104 cm³/mol. The molecule has 0 saturated heterocycles. The van der Waals surface area contributed by atoms with Crippen molar-refractivity contribution in [2.45, 2.75) is 0 Å². The van der Waals surface area contributed by atoms with E-state index in [1.165, 1.54) is 0 Å². The van der Waals surface area contributed by atoms with Crippen molar-refractivity contribution in [3.05, 3.63) is 119 Å². The third kappa shape index (κ3) is 2.82. The topological polar surface area (TPSA) is 34.1 Å². The lowest BCUT2D eigenvalue weighted by atomic mass is 9.91. The van der Waals surface area contributed by atoms with Crippen LogP contribution in [0.15, 0.2) is 97.1 Å². The lowest BCUT2D eigenvalue weighted by Crippen LogP contribution is -2.06. The van der Waals surface area contributed by atoms with Gasteiger partial charge < -0.3 is 0 Å². The van der Waals surface area contributed by atoms with Crippen LogP contribution in [0.2, 0.25) is 0 Å². The van der Waals surface area contributed by atoms with Gasteiger partial charge in [-0.15, -0.1) is 0 Å². The van der Waals surface area contributed by atoms with Crippen LogP contribution < -0.4 is 0 Å². The number of rotatable bonds is 4. The van der Waals surface area contributed by atoms with Crippen molar-refractivity contribution < 1.29 is 9.59 Å². The van der Waals surface area contributed by atoms with E-state index in [-0.39, 0.29) is 11.6 Å². The van der Waals surface area contributed by atoms with Crippen LogP contribution >= 0.6 is 0 Å². The van der Waals surface area contributed by atoms with E-state index in [0.29, 0.717) is 22.3 Å². The van der Waals surface area contributed by atoms with Crippen LogP contribution in [0.1, 0.15) is 31.8 Å². The van der Waals surface area contributed by atoms with Crippen LogP contribution in [-0.4, -0.2) is 11.6 Å². The van der Waals surface area contributed by atoms with E-state index in [2.05, 4.69) is 0 Å². The Labute approximate surface area is 151 Å². The van der Waals surface area contributed by atoms with Crippen molar-refractivity contribution in [1.82, 2.24) is 0 Å². The molecule has 0 spiro atoms. The molecular formula is C24H16O2. The Balaban J connectivity index is 1.87. The average molecular weight is 336 g/mol. The molecular weight excluding hydrogens is 320 g/mol. The van der Waals surface area contributed by atoms with Gasteiger partial charge >= 0.3 is 0 Å². The molecule has 0 heterocycles. The molecule has 0 fully saturated rings. The van der Waals surface area contributed by atoms with Gasteiger partial charge in [0.2, 0.25) is 0 Å². The Morgan fingerprint density at radius 1 is 0.423 bits per heavy atom. The van der Waals surface area contributed by atoms with Crippen molar-refractivity contribution in [3.63, 3.8) is 0 Å². The first-order chi connectivity index (χ1) is 12.8. The molecule has 4 aromatic rings. The van der Waals surface area contributed by atoms with Gasteiger partial charge in [-0.3, -0.25) is 9.59 Å². The fraction of sp³-hybridized carbons (Fsp3) is 0. The first kappa shape index (κ1) is 16.0. The predicted octanol–water partition coefficient (Wildman–Crippen LogP) is 5.30. The molecule has 2 nitrogen and oxygen atoms in total. The number of fused-ring (bicyclic) bond motifs is 1. The summed E-state index contributed by atoms with van der Waals surface area (Å²) in [5.74, 6) is -0.0824. The van der Waals surface area contributed by atoms with Crippen LogP contribution in [0.4, 0.5) is 0 Å². The van der Waals surface area contributed by atoms with Crippen molar-refractivity contribution >= 4 is 22.3 Å². The molecule has 0 aliphatic rings. The van der Waals surface area contributed by atoms with Gasteiger partial charge in [0, 0.05) is 22.3 Å².